The van der Waals surface area contributed by atoms with Crippen LogP contribution in [-0.2, 0) is 0 Å². The van der Waals surface area contributed by atoms with Gasteiger partial charge in [-0.05, 0) is 17.6 Å². The molecule has 0 spiro atoms. The van der Waals surface area contributed by atoms with Crippen LogP contribution in [0.4, 0.5) is 0 Å². The molecule has 3 heteroatoms. The zero-order chi connectivity index (χ0) is 6.81. The van der Waals surface area contributed by atoms with E-state index in [0.717, 1.165) is 5.70 Å². The van der Waals surface area contributed by atoms with Crippen molar-refractivity contribution in [3.8, 4) is 0 Å². The van der Waals surface area contributed by atoms with Gasteiger partial charge in [-0.1, -0.05) is 27.7 Å². The van der Waals surface area contributed by atoms with Gasteiger partial charge in [0.15, 0.2) is 0 Å². The maximum atomic E-state index is 4.18. The van der Waals surface area contributed by atoms with Crippen molar-refractivity contribution in [3.63, 3.8) is 0 Å². The van der Waals surface area contributed by atoms with Crippen LogP contribution in [0.3, 0.4) is 0 Å². The predicted molar refractivity (Wildman–Crippen MR) is 49.0 cm³/mol. The first-order chi connectivity index (χ1) is 4.97. The van der Waals surface area contributed by atoms with Gasteiger partial charge in [0.25, 0.3) is 0 Å². The van der Waals surface area contributed by atoms with Crippen LogP contribution in [0.15, 0.2) is 39.2 Å². The molecular formula is C7H5NS2. The lowest BCUT2D eigenvalue weighted by molar-refractivity contribution is 1.45. The van der Waals surface area contributed by atoms with Crippen LogP contribution in [0, 0.1) is 0 Å². The van der Waals surface area contributed by atoms with Gasteiger partial charge in [0.05, 0.1) is 5.70 Å². The zero-order valence-electron chi connectivity index (χ0n) is 5.15. The Morgan fingerprint density at radius 2 is 2.30 bits per heavy atom. The highest BCUT2D eigenvalue weighted by Crippen LogP contribution is 2.39. The fourth-order valence-electron chi connectivity index (χ4n) is 0.772. The van der Waals surface area contributed by atoms with E-state index in [2.05, 4.69) is 10.4 Å². The maximum Gasteiger partial charge on any atom is 0.0774 e. The fraction of sp³-hybridized carbons (Fsp3) is 0. The van der Waals surface area contributed by atoms with Crippen molar-refractivity contribution in [2.45, 2.75) is 0 Å². The molecule has 0 radical (unpaired) electrons. The molecule has 2 heterocycles. The summed E-state index contributed by atoms with van der Waals surface area (Å²) >= 11 is 0. The quantitative estimate of drug-likeness (QED) is 0.514. The van der Waals surface area contributed by atoms with Gasteiger partial charge >= 0.3 is 0 Å². The SMILES string of the molecule is C1=CSSC2=CC=NC2=C1. The molecule has 0 bridgehead atoms. The molecule has 0 saturated carbocycles. The van der Waals surface area contributed by atoms with E-state index in [1.165, 1.54) is 4.91 Å². The minimum atomic E-state index is 1.09. The molecule has 2 rings (SSSR count). The largest absolute Gasteiger partial charge is 0.256 e. The molecule has 0 aromatic rings. The highest BCUT2D eigenvalue weighted by molar-refractivity contribution is 8.79. The summed E-state index contributed by atoms with van der Waals surface area (Å²) in [6, 6.07) is 0. The predicted octanol–water partition coefficient (Wildman–Crippen LogP) is 2.75. The second kappa shape index (κ2) is 2.68. The molecule has 0 fully saturated rings. The molecule has 0 aromatic heterocycles. The molecule has 0 aromatic carbocycles. The molecule has 10 heavy (non-hydrogen) atoms. The average Bonchev–Trinajstić information content (AvgIpc) is 2.28. The Kier molecular flexibility index (Phi) is 1.69. The van der Waals surface area contributed by atoms with Gasteiger partial charge < -0.3 is 0 Å². The van der Waals surface area contributed by atoms with Crippen molar-refractivity contribution in [1.82, 2.24) is 0 Å². The van der Waals surface area contributed by atoms with E-state index in [1.807, 2.05) is 24.4 Å². The Morgan fingerprint density at radius 1 is 1.30 bits per heavy atom. The number of nitrogens with zero attached hydrogens (tertiary/aromatic N) is 1. The number of aliphatic imine (C=N–C) groups is 1. The lowest BCUT2D eigenvalue weighted by atomic mass is 10.4. The van der Waals surface area contributed by atoms with Crippen molar-refractivity contribution in [2.75, 3.05) is 0 Å². The van der Waals surface area contributed by atoms with E-state index in [1.54, 1.807) is 21.6 Å². The second-order valence-corrected chi connectivity index (χ2v) is 4.02. The summed E-state index contributed by atoms with van der Waals surface area (Å²) in [7, 11) is 3.48. The van der Waals surface area contributed by atoms with Gasteiger partial charge in [0.2, 0.25) is 0 Å². The molecule has 50 valence electrons. The molecule has 0 unspecified atom stereocenters. The Bertz CT molecular complexity index is 261. The molecule has 1 nitrogen and oxygen atoms in total. The van der Waals surface area contributed by atoms with E-state index in [0.29, 0.717) is 0 Å². The van der Waals surface area contributed by atoms with Crippen LogP contribution < -0.4 is 0 Å². The van der Waals surface area contributed by atoms with Crippen LogP contribution in [0.5, 0.6) is 0 Å². The summed E-state index contributed by atoms with van der Waals surface area (Å²) in [5.74, 6) is 0. The minimum absolute atomic E-state index is 1.09. The summed E-state index contributed by atoms with van der Waals surface area (Å²) < 4.78 is 0. The van der Waals surface area contributed by atoms with E-state index >= 15 is 0 Å². The van der Waals surface area contributed by atoms with Crippen molar-refractivity contribution in [3.05, 3.63) is 34.2 Å². The van der Waals surface area contributed by atoms with Crippen molar-refractivity contribution in [1.29, 1.82) is 0 Å². The summed E-state index contributed by atoms with van der Waals surface area (Å²) in [5.41, 5.74) is 1.09. The molecule has 0 saturated heterocycles. The highest BCUT2D eigenvalue weighted by atomic mass is 33.1. The number of rotatable bonds is 0. The van der Waals surface area contributed by atoms with E-state index in [4.69, 9.17) is 0 Å². The Labute approximate surface area is 67.4 Å². The Morgan fingerprint density at radius 3 is 3.30 bits per heavy atom. The van der Waals surface area contributed by atoms with Gasteiger partial charge in [0, 0.05) is 11.1 Å². The van der Waals surface area contributed by atoms with Gasteiger partial charge in [-0.15, -0.1) is 0 Å². The second-order valence-electron chi connectivity index (χ2n) is 1.87. The Balaban J connectivity index is 2.36. The van der Waals surface area contributed by atoms with Gasteiger partial charge in [-0.3, -0.25) is 4.99 Å². The van der Waals surface area contributed by atoms with E-state index in [9.17, 15) is 0 Å². The first-order valence-corrected chi connectivity index (χ1v) is 5.13. The lowest BCUT2D eigenvalue weighted by Gasteiger charge is -1.94. The molecule has 0 amide bonds. The van der Waals surface area contributed by atoms with E-state index < -0.39 is 0 Å². The summed E-state index contributed by atoms with van der Waals surface area (Å²) in [6.07, 6.45) is 7.93. The number of allylic oxidation sites excluding steroid dienone is 3. The molecular weight excluding hydrogens is 162 g/mol. The number of hydrogen-bond acceptors (Lipinski definition) is 3. The highest BCUT2D eigenvalue weighted by Gasteiger charge is 2.08. The maximum absolute atomic E-state index is 4.18. The lowest BCUT2D eigenvalue weighted by Crippen LogP contribution is -1.70. The van der Waals surface area contributed by atoms with Gasteiger partial charge in [-0.25, -0.2) is 0 Å². The fourth-order valence-corrected chi connectivity index (χ4v) is 2.49. The number of fused-ring (bicyclic) bond motifs is 1. The summed E-state index contributed by atoms with van der Waals surface area (Å²) in [4.78, 5) is 5.44. The zero-order valence-corrected chi connectivity index (χ0v) is 6.78. The van der Waals surface area contributed by atoms with Crippen LogP contribution in [-0.4, -0.2) is 6.21 Å². The minimum Gasteiger partial charge on any atom is -0.256 e. The van der Waals surface area contributed by atoms with Crippen molar-refractivity contribution >= 4 is 27.8 Å². The first-order valence-electron chi connectivity index (χ1n) is 2.92. The smallest absolute Gasteiger partial charge is 0.0774 e. The van der Waals surface area contributed by atoms with Crippen LogP contribution in [0.25, 0.3) is 0 Å². The van der Waals surface area contributed by atoms with Crippen LogP contribution in [0.1, 0.15) is 0 Å². The van der Waals surface area contributed by atoms with Crippen LogP contribution >= 0.6 is 21.6 Å². The van der Waals surface area contributed by atoms with Crippen molar-refractivity contribution in [2.24, 2.45) is 4.99 Å². The standard InChI is InChI=1S/C7H5NS2/c1-2-6-7(3-4-8-6)10-9-5-1/h1-5H. The third kappa shape index (κ3) is 1.07. The molecule has 0 atom stereocenters. The normalized spacial score (nSPS) is 21.6. The van der Waals surface area contributed by atoms with Crippen molar-refractivity contribution < 1.29 is 0 Å². The number of hydrogen-bond donors (Lipinski definition) is 0. The van der Waals surface area contributed by atoms with Crippen LogP contribution in [0.2, 0.25) is 0 Å². The average molecular weight is 167 g/mol. The molecule has 0 N–H and O–H groups in total. The van der Waals surface area contributed by atoms with E-state index in [-0.39, 0.29) is 0 Å². The molecule has 0 aliphatic carbocycles. The Hall–Kier alpha value is -0.410. The monoisotopic (exact) mass is 167 g/mol. The van der Waals surface area contributed by atoms with Gasteiger partial charge in [-0.2, -0.15) is 0 Å². The molecule has 2 aliphatic rings. The first kappa shape index (κ1) is 6.31. The topological polar surface area (TPSA) is 12.4 Å². The van der Waals surface area contributed by atoms with Gasteiger partial charge in [0.1, 0.15) is 0 Å². The summed E-state index contributed by atoms with van der Waals surface area (Å²) in [6.45, 7) is 0. The molecule has 2 aliphatic heterocycles. The third-order valence-corrected chi connectivity index (χ3v) is 3.27. The summed E-state index contributed by atoms with van der Waals surface area (Å²) in [5, 5.41) is 2.06. The third-order valence-electron chi connectivity index (χ3n) is 1.22.